The summed E-state index contributed by atoms with van der Waals surface area (Å²) in [7, 11) is 0. The van der Waals surface area contributed by atoms with Gasteiger partial charge in [0, 0.05) is 6.54 Å². The van der Waals surface area contributed by atoms with Crippen molar-refractivity contribution >= 4 is 11.9 Å². The van der Waals surface area contributed by atoms with Crippen molar-refractivity contribution in [1.29, 1.82) is 0 Å². The molecule has 0 radical (unpaired) electrons. The zero-order valence-electron chi connectivity index (χ0n) is 7.91. The summed E-state index contributed by atoms with van der Waals surface area (Å²) in [6.07, 6.45) is 0. The number of hydrogen-bond acceptors (Lipinski definition) is 3. The molecule has 0 heterocycles. The van der Waals surface area contributed by atoms with Crippen molar-refractivity contribution in [3.63, 3.8) is 0 Å². The van der Waals surface area contributed by atoms with Gasteiger partial charge in [0.05, 0.1) is 0 Å². The van der Waals surface area contributed by atoms with E-state index in [-0.39, 0.29) is 12.5 Å². The van der Waals surface area contributed by atoms with E-state index in [0.717, 1.165) is 0 Å². The van der Waals surface area contributed by atoms with E-state index >= 15 is 0 Å². The zero-order valence-corrected chi connectivity index (χ0v) is 7.91. The summed E-state index contributed by atoms with van der Waals surface area (Å²) in [6, 6.07) is -0.493. The number of nitrogens with one attached hydrogen (secondary N) is 1. The molecule has 0 saturated carbocycles. The molecule has 3 amide bonds. The molecule has 0 rings (SSSR count). The van der Waals surface area contributed by atoms with Crippen LogP contribution in [0.15, 0.2) is 0 Å². The normalized spacial score (nSPS) is 9.85. The Morgan fingerprint density at radius 2 is 2.00 bits per heavy atom. The topological polar surface area (TPSA) is 101 Å². The van der Waals surface area contributed by atoms with Gasteiger partial charge < -0.3 is 10.6 Å². The molecule has 0 aliphatic heterocycles. The maximum atomic E-state index is 11.1. The molecule has 6 heteroatoms. The summed E-state index contributed by atoms with van der Waals surface area (Å²) >= 11 is 0. The Bertz CT molecular complexity index is 193. The van der Waals surface area contributed by atoms with Gasteiger partial charge in [-0.3, -0.25) is 10.2 Å². The number of hydrazine groups is 1. The van der Waals surface area contributed by atoms with Crippen molar-refractivity contribution in [2.75, 3.05) is 13.1 Å². The average molecular weight is 188 g/mol. The van der Waals surface area contributed by atoms with Crippen LogP contribution in [0.2, 0.25) is 0 Å². The highest BCUT2D eigenvalue weighted by Crippen LogP contribution is 1.97. The molecule has 0 aromatic carbocycles. The van der Waals surface area contributed by atoms with Gasteiger partial charge in [-0.2, -0.15) is 0 Å². The van der Waals surface area contributed by atoms with Gasteiger partial charge in [0.1, 0.15) is 6.54 Å². The number of nitrogens with zero attached hydrogens (tertiary/aromatic N) is 1. The molecule has 13 heavy (non-hydrogen) atoms. The standard InChI is InChI=1S/C7H16N4O2/c1-5(2)3-11(4-6(8)12)7(13)10-9/h5H,3-4,9H2,1-2H3,(H2,8,12)(H,10,13). The molecular formula is C7H16N4O2. The maximum Gasteiger partial charge on any atom is 0.331 e. The Morgan fingerprint density at radius 1 is 1.46 bits per heavy atom. The number of hydrogen-bond donors (Lipinski definition) is 3. The van der Waals surface area contributed by atoms with Gasteiger partial charge in [-0.05, 0) is 5.92 Å². The van der Waals surface area contributed by atoms with Crippen LogP contribution in [0.5, 0.6) is 0 Å². The SMILES string of the molecule is CC(C)CN(CC(N)=O)C(=O)NN. The van der Waals surface area contributed by atoms with Gasteiger partial charge in [0.2, 0.25) is 5.91 Å². The summed E-state index contributed by atoms with van der Waals surface area (Å²) in [4.78, 5) is 22.9. The molecule has 0 bridgehead atoms. The van der Waals surface area contributed by atoms with E-state index in [9.17, 15) is 9.59 Å². The first-order valence-corrected chi connectivity index (χ1v) is 4.01. The molecule has 0 unspecified atom stereocenters. The van der Waals surface area contributed by atoms with Gasteiger partial charge >= 0.3 is 6.03 Å². The van der Waals surface area contributed by atoms with Crippen molar-refractivity contribution in [2.24, 2.45) is 17.5 Å². The van der Waals surface area contributed by atoms with E-state index in [1.54, 1.807) is 0 Å². The first-order valence-electron chi connectivity index (χ1n) is 4.01. The summed E-state index contributed by atoms with van der Waals surface area (Å²) < 4.78 is 0. The quantitative estimate of drug-likeness (QED) is 0.300. The fraction of sp³-hybridized carbons (Fsp3) is 0.714. The molecule has 0 aliphatic rings. The predicted octanol–water partition coefficient (Wildman–Crippen LogP) is -0.987. The second-order valence-electron chi connectivity index (χ2n) is 3.19. The van der Waals surface area contributed by atoms with E-state index in [2.05, 4.69) is 0 Å². The summed E-state index contributed by atoms with van der Waals surface area (Å²) in [5.74, 6) is 4.64. The van der Waals surface area contributed by atoms with Crippen molar-refractivity contribution in [1.82, 2.24) is 10.3 Å². The molecule has 6 nitrogen and oxygen atoms in total. The van der Waals surface area contributed by atoms with E-state index < -0.39 is 11.9 Å². The minimum Gasteiger partial charge on any atom is -0.368 e. The van der Waals surface area contributed by atoms with Crippen LogP contribution < -0.4 is 17.0 Å². The van der Waals surface area contributed by atoms with Crippen LogP contribution in [0.3, 0.4) is 0 Å². The summed E-state index contributed by atoms with van der Waals surface area (Å²) in [6.45, 7) is 4.20. The van der Waals surface area contributed by atoms with Crippen molar-refractivity contribution in [3.8, 4) is 0 Å². The van der Waals surface area contributed by atoms with Crippen LogP contribution in [0, 0.1) is 5.92 Å². The van der Waals surface area contributed by atoms with Gasteiger partial charge in [-0.15, -0.1) is 0 Å². The molecule has 5 N–H and O–H groups in total. The summed E-state index contributed by atoms with van der Waals surface area (Å²) in [5.41, 5.74) is 6.92. The first-order chi connectivity index (χ1) is 5.97. The second kappa shape index (κ2) is 5.36. The molecule has 0 spiro atoms. The van der Waals surface area contributed by atoms with Crippen LogP contribution in [0.1, 0.15) is 13.8 Å². The third kappa shape index (κ3) is 5.02. The number of urea groups is 1. The number of rotatable bonds is 4. The predicted molar refractivity (Wildman–Crippen MR) is 48.3 cm³/mol. The minimum atomic E-state index is -0.552. The number of carbonyl (C=O) groups excluding carboxylic acids is 2. The minimum absolute atomic E-state index is 0.110. The lowest BCUT2D eigenvalue weighted by atomic mass is 10.2. The van der Waals surface area contributed by atoms with Crippen LogP contribution in [-0.2, 0) is 4.79 Å². The Kier molecular flexibility index (Phi) is 4.83. The Labute approximate surface area is 77.2 Å². The molecule has 76 valence electrons. The monoisotopic (exact) mass is 188 g/mol. The highest BCUT2D eigenvalue weighted by atomic mass is 16.2. The zero-order chi connectivity index (χ0) is 10.4. The van der Waals surface area contributed by atoms with Gasteiger partial charge in [-0.25, -0.2) is 10.6 Å². The molecular weight excluding hydrogens is 172 g/mol. The van der Waals surface area contributed by atoms with Crippen LogP contribution in [-0.4, -0.2) is 29.9 Å². The number of amides is 3. The summed E-state index contributed by atoms with van der Waals surface area (Å²) in [5, 5.41) is 0. The molecule has 0 aliphatic carbocycles. The van der Waals surface area contributed by atoms with Crippen molar-refractivity contribution in [2.45, 2.75) is 13.8 Å². The number of carbonyl (C=O) groups is 2. The lowest BCUT2D eigenvalue weighted by Gasteiger charge is -2.21. The Balaban J connectivity index is 4.18. The van der Waals surface area contributed by atoms with Gasteiger partial charge in [0.15, 0.2) is 0 Å². The highest BCUT2D eigenvalue weighted by molar-refractivity contribution is 5.82. The van der Waals surface area contributed by atoms with E-state index in [1.807, 2.05) is 19.3 Å². The Hall–Kier alpha value is -1.30. The third-order valence-electron chi connectivity index (χ3n) is 1.34. The fourth-order valence-electron chi connectivity index (χ4n) is 0.939. The first kappa shape index (κ1) is 11.7. The number of nitrogens with two attached hydrogens (primary N) is 2. The Morgan fingerprint density at radius 3 is 2.31 bits per heavy atom. The second-order valence-corrected chi connectivity index (χ2v) is 3.19. The fourth-order valence-corrected chi connectivity index (χ4v) is 0.939. The molecule has 0 aromatic heterocycles. The van der Waals surface area contributed by atoms with E-state index in [4.69, 9.17) is 11.6 Å². The average Bonchev–Trinajstić information content (AvgIpc) is 2.00. The van der Waals surface area contributed by atoms with Crippen LogP contribution in [0.25, 0.3) is 0 Å². The third-order valence-corrected chi connectivity index (χ3v) is 1.34. The maximum absolute atomic E-state index is 11.1. The van der Waals surface area contributed by atoms with Crippen molar-refractivity contribution in [3.05, 3.63) is 0 Å². The van der Waals surface area contributed by atoms with Crippen molar-refractivity contribution < 1.29 is 9.59 Å². The smallest absolute Gasteiger partial charge is 0.331 e. The lowest BCUT2D eigenvalue weighted by Crippen LogP contribution is -2.48. The molecule has 0 saturated heterocycles. The lowest BCUT2D eigenvalue weighted by molar-refractivity contribution is -0.118. The van der Waals surface area contributed by atoms with Gasteiger partial charge in [-0.1, -0.05) is 13.8 Å². The molecule has 0 aromatic rings. The van der Waals surface area contributed by atoms with Gasteiger partial charge in [0.25, 0.3) is 0 Å². The van der Waals surface area contributed by atoms with Crippen LogP contribution >= 0.6 is 0 Å². The van der Waals surface area contributed by atoms with E-state index in [0.29, 0.717) is 6.54 Å². The number of primary amides is 1. The largest absolute Gasteiger partial charge is 0.368 e. The van der Waals surface area contributed by atoms with E-state index in [1.165, 1.54) is 4.90 Å². The van der Waals surface area contributed by atoms with Crippen LogP contribution in [0.4, 0.5) is 4.79 Å². The highest BCUT2D eigenvalue weighted by Gasteiger charge is 2.15. The molecule has 0 atom stereocenters. The molecule has 0 fully saturated rings.